The number of nitrogens with one attached hydrogen (secondary N) is 3. The second-order valence-electron chi connectivity index (χ2n) is 8.04. The number of carbonyl (C=O) groups excluding carboxylic acids is 2. The molecular weight excluding hydrogens is 416 g/mol. The number of nitrogens with two attached hydrogens (primary N) is 1. The van der Waals surface area contributed by atoms with Crippen molar-refractivity contribution in [3.8, 4) is 0 Å². The van der Waals surface area contributed by atoms with E-state index in [0.29, 0.717) is 12.8 Å². The third-order valence-corrected chi connectivity index (χ3v) is 5.67. The van der Waals surface area contributed by atoms with Gasteiger partial charge in [0.15, 0.2) is 0 Å². The Morgan fingerprint density at radius 3 is 2.45 bits per heavy atom. The van der Waals surface area contributed by atoms with Crippen molar-refractivity contribution in [3.05, 3.63) is 36.0 Å². The van der Waals surface area contributed by atoms with Crippen molar-refractivity contribution in [3.63, 3.8) is 0 Å². The van der Waals surface area contributed by atoms with E-state index in [9.17, 15) is 19.5 Å². The molecule has 1 heterocycles. The number of para-hydroxylation sites is 1. The molecule has 0 radical (unpaired) electrons. The first kappa shape index (κ1) is 24.7. The van der Waals surface area contributed by atoms with Gasteiger partial charge in [-0.25, -0.2) is 4.79 Å². The molecule has 1 aromatic carbocycles. The van der Waals surface area contributed by atoms with Crippen LogP contribution < -0.4 is 16.4 Å². The van der Waals surface area contributed by atoms with Gasteiger partial charge in [-0.3, -0.25) is 9.59 Å². The van der Waals surface area contributed by atoms with E-state index in [1.165, 1.54) is 0 Å². The molecule has 0 aliphatic heterocycles. The van der Waals surface area contributed by atoms with Crippen molar-refractivity contribution in [1.82, 2.24) is 15.6 Å². The molecule has 1 aromatic heterocycles. The Labute approximate surface area is 186 Å². The summed E-state index contributed by atoms with van der Waals surface area (Å²) in [7, 11) is 0. The van der Waals surface area contributed by atoms with Gasteiger partial charge in [0.25, 0.3) is 0 Å². The summed E-state index contributed by atoms with van der Waals surface area (Å²) < 4.78 is 0. The first-order chi connectivity index (χ1) is 14.7. The van der Waals surface area contributed by atoms with E-state index < -0.39 is 35.9 Å². The van der Waals surface area contributed by atoms with Crippen LogP contribution in [0.1, 0.15) is 32.3 Å². The van der Waals surface area contributed by atoms with E-state index in [1.54, 1.807) is 18.0 Å². The molecule has 0 saturated heterocycles. The zero-order chi connectivity index (χ0) is 23.0. The minimum absolute atomic E-state index is 0.121. The lowest BCUT2D eigenvalue weighted by molar-refractivity contribution is -0.142. The third kappa shape index (κ3) is 7.29. The van der Waals surface area contributed by atoms with Crippen LogP contribution in [0.2, 0.25) is 0 Å². The third-order valence-electron chi connectivity index (χ3n) is 5.02. The van der Waals surface area contributed by atoms with Crippen molar-refractivity contribution < 1.29 is 19.5 Å². The van der Waals surface area contributed by atoms with Gasteiger partial charge in [-0.15, -0.1) is 0 Å². The minimum atomic E-state index is -1.13. The van der Waals surface area contributed by atoms with Crippen molar-refractivity contribution >= 4 is 40.4 Å². The summed E-state index contributed by atoms with van der Waals surface area (Å²) in [5, 5.41) is 15.9. The minimum Gasteiger partial charge on any atom is -0.480 e. The molecule has 2 rings (SSSR count). The van der Waals surface area contributed by atoms with Gasteiger partial charge in [0, 0.05) is 23.5 Å². The highest BCUT2D eigenvalue weighted by Crippen LogP contribution is 2.19. The maximum atomic E-state index is 12.9. The monoisotopic (exact) mass is 448 g/mol. The summed E-state index contributed by atoms with van der Waals surface area (Å²) in [5.41, 5.74) is 7.62. The van der Waals surface area contributed by atoms with Crippen molar-refractivity contribution in [2.75, 3.05) is 12.0 Å². The molecule has 170 valence electrons. The standard InChI is InChI=1S/C22H32N4O4S/c1-13(2)10-18(25-20(27)16(23)8-9-31-3)21(28)26-19(22(29)30)11-14-12-24-17-7-5-4-6-15(14)17/h4-7,12-13,16,18-19,24H,8-11,23H2,1-3H3,(H,25,27)(H,26,28)(H,29,30)/t16-,18-,19-/m0/s1. The molecule has 0 spiro atoms. The molecule has 3 atom stereocenters. The number of carboxylic acid groups (broad SMARTS) is 1. The molecule has 0 fully saturated rings. The first-order valence-electron chi connectivity index (χ1n) is 10.4. The van der Waals surface area contributed by atoms with Crippen LogP contribution in [0.25, 0.3) is 10.9 Å². The molecule has 0 bridgehead atoms. The Hall–Kier alpha value is -2.52. The van der Waals surface area contributed by atoms with Gasteiger partial charge >= 0.3 is 5.97 Å². The van der Waals surface area contributed by atoms with Gasteiger partial charge in [-0.2, -0.15) is 11.8 Å². The number of thioether (sulfide) groups is 1. The smallest absolute Gasteiger partial charge is 0.326 e. The van der Waals surface area contributed by atoms with Gasteiger partial charge in [0.2, 0.25) is 11.8 Å². The van der Waals surface area contributed by atoms with E-state index >= 15 is 0 Å². The van der Waals surface area contributed by atoms with E-state index in [2.05, 4.69) is 15.6 Å². The van der Waals surface area contributed by atoms with E-state index in [-0.39, 0.29) is 12.3 Å². The fourth-order valence-corrected chi connectivity index (χ4v) is 3.84. The topological polar surface area (TPSA) is 137 Å². The summed E-state index contributed by atoms with van der Waals surface area (Å²) >= 11 is 1.59. The Morgan fingerprint density at radius 1 is 1.13 bits per heavy atom. The number of aromatic amines is 1. The summed E-state index contributed by atoms with van der Waals surface area (Å²) in [6, 6.07) is 4.89. The van der Waals surface area contributed by atoms with E-state index in [4.69, 9.17) is 5.73 Å². The van der Waals surface area contributed by atoms with Crippen molar-refractivity contribution in [2.24, 2.45) is 11.7 Å². The number of aliphatic carboxylic acids is 1. The Morgan fingerprint density at radius 2 is 1.81 bits per heavy atom. The lowest BCUT2D eigenvalue weighted by atomic mass is 10.0. The highest BCUT2D eigenvalue weighted by Gasteiger charge is 2.29. The lowest BCUT2D eigenvalue weighted by Gasteiger charge is -2.24. The van der Waals surface area contributed by atoms with Crippen LogP contribution in [0.5, 0.6) is 0 Å². The number of aromatic nitrogens is 1. The maximum absolute atomic E-state index is 12.9. The van der Waals surface area contributed by atoms with Gasteiger partial charge in [0.1, 0.15) is 12.1 Å². The Bertz CT molecular complexity index is 899. The first-order valence-corrected chi connectivity index (χ1v) is 11.7. The predicted molar refractivity (Wildman–Crippen MR) is 124 cm³/mol. The van der Waals surface area contributed by atoms with E-state index in [0.717, 1.165) is 22.2 Å². The molecule has 8 nitrogen and oxygen atoms in total. The second kappa shape index (κ2) is 11.8. The Kier molecular flexibility index (Phi) is 9.39. The number of benzene rings is 1. The number of fused-ring (bicyclic) bond motifs is 1. The highest BCUT2D eigenvalue weighted by atomic mass is 32.2. The fourth-order valence-electron chi connectivity index (χ4n) is 3.35. The van der Waals surface area contributed by atoms with Crippen LogP contribution in [0.15, 0.2) is 30.5 Å². The molecule has 9 heteroatoms. The number of carbonyl (C=O) groups is 3. The van der Waals surface area contributed by atoms with Gasteiger partial charge in [-0.05, 0) is 42.4 Å². The highest BCUT2D eigenvalue weighted by molar-refractivity contribution is 7.98. The number of hydrogen-bond donors (Lipinski definition) is 5. The molecule has 2 aromatic rings. The molecule has 31 heavy (non-hydrogen) atoms. The number of H-pyrrole nitrogens is 1. The molecule has 6 N–H and O–H groups in total. The molecular formula is C22H32N4O4S. The van der Waals surface area contributed by atoms with Crippen LogP contribution in [-0.2, 0) is 20.8 Å². The normalized spacial score (nSPS) is 14.2. The second-order valence-corrected chi connectivity index (χ2v) is 9.03. The van der Waals surface area contributed by atoms with E-state index in [1.807, 2.05) is 44.4 Å². The fraction of sp³-hybridized carbons (Fsp3) is 0.500. The SMILES string of the molecule is CSCC[C@H](N)C(=O)N[C@@H](CC(C)C)C(=O)N[C@@H](Cc1c[nH]c2ccccc12)C(=O)O. The van der Waals surface area contributed by atoms with Crippen LogP contribution in [0.4, 0.5) is 0 Å². The quantitative estimate of drug-likeness (QED) is 0.336. The molecule has 0 saturated carbocycles. The van der Waals surface area contributed by atoms with Gasteiger partial charge in [0.05, 0.1) is 6.04 Å². The number of hydrogen-bond acceptors (Lipinski definition) is 5. The maximum Gasteiger partial charge on any atom is 0.326 e. The average Bonchev–Trinajstić information content (AvgIpc) is 3.13. The predicted octanol–water partition coefficient (Wildman–Crippen LogP) is 1.89. The molecule has 0 aliphatic carbocycles. The van der Waals surface area contributed by atoms with Crippen LogP contribution in [0.3, 0.4) is 0 Å². The van der Waals surface area contributed by atoms with Crippen LogP contribution >= 0.6 is 11.8 Å². The summed E-state index contributed by atoms with van der Waals surface area (Å²) in [6.07, 6.45) is 4.69. The van der Waals surface area contributed by atoms with Crippen molar-refractivity contribution in [2.45, 2.75) is 51.2 Å². The largest absolute Gasteiger partial charge is 0.480 e. The summed E-state index contributed by atoms with van der Waals surface area (Å²) in [5.74, 6) is -1.20. The van der Waals surface area contributed by atoms with Crippen molar-refractivity contribution in [1.29, 1.82) is 0 Å². The zero-order valence-corrected chi connectivity index (χ0v) is 19.0. The zero-order valence-electron chi connectivity index (χ0n) is 18.2. The lowest BCUT2D eigenvalue weighted by Crippen LogP contribution is -2.55. The number of rotatable bonds is 12. The average molecular weight is 449 g/mol. The molecule has 0 unspecified atom stereocenters. The van der Waals surface area contributed by atoms with Crippen LogP contribution in [-0.4, -0.2) is 58.0 Å². The Balaban J connectivity index is 2.10. The number of amides is 2. The van der Waals surface area contributed by atoms with Crippen LogP contribution in [0, 0.1) is 5.92 Å². The summed E-state index contributed by atoms with van der Waals surface area (Å²) in [6.45, 7) is 3.86. The van der Waals surface area contributed by atoms with Gasteiger partial charge < -0.3 is 26.5 Å². The molecule has 2 amide bonds. The van der Waals surface area contributed by atoms with Gasteiger partial charge in [-0.1, -0.05) is 32.0 Å². The number of carboxylic acids is 1. The molecule has 0 aliphatic rings. The summed E-state index contributed by atoms with van der Waals surface area (Å²) in [4.78, 5) is 40.3.